The van der Waals surface area contributed by atoms with Gasteiger partial charge in [-0.1, -0.05) is 12.1 Å². The summed E-state index contributed by atoms with van der Waals surface area (Å²) in [5.74, 6) is 0.671. The second kappa shape index (κ2) is 4.12. The number of imidazole rings is 1. The highest BCUT2D eigenvalue weighted by atomic mass is 16.5. The number of hydrogen-bond donors (Lipinski definition) is 1. The molecule has 0 saturated carbocycles. The lowest BCUT2D eigenvalue weighted by molar-refractivity contribution is 0.324. The second-order valence-corrected chi connectivity index (χ2v) is 4.43. The van der Waals surface area contributed by atoms with Gasteiger partial charge in [0.1, 0.15) is 0 Å². The number of nitrogens with zero attached hydrogens (tertiary/aromatic N) is 4. The van der Waals surface area contributed by atoms with Crippen molar-refractivity contribution in [1.29, 1.82) is 0 Å². The highest BCUT2D eigenvalue weighted by Gasteiger charge is 2.19. The minimum Gasteiger partial charge on any atom is -0.477 e. The Hall–Kier alpha value is -2.76. The molecule has 1 N–H and O–H groups in total. The molecule has 0 saturated heterocycles. The molecular formula is C14H13N5O. The molecule has 0 spiro atoms. The average Bonchev–Trinajstić information content (AvgIpc) is 3.13. The minimum atomic E-state index is 0.579. The molecule has 100 valence electrons. The summed E-state index contributed by atoms with van der Waals surface area (Å²) in [5.41, 5.74) is 3.59. The summed E-state index contributed by atoms with van der Waals surface area (Å²) >= 11 is 0. The topological polar surface area (TPSA) is 60.1 Å². The second-order valence-electron chi connectivity index (χ2n) is 4.43. The van der Waals surface area contributed by atoms with Crippen LogP contribution < -0.4 is 4.74 Å². The van der Waals surface area contributed by atoms with Crippen LogP contribution in [-0.2, 0) is 0 Å². The summed E-state index contributed by atoms with van der Waals surface area (Å²) in [5, 5.41) is 7.53. The summed E-state index contributed by atoms with van der Waals surface area (Å²) < 4.78 is 9.37. The summed E-state index contributed by atoms with van der Waals surface area (Å²) in [6, 6.07) is 9.86. The van der Waals surface area contributed by atoms with Gasteiger partial charge in [-0.2, -0.15) is 5.10 Å². The Labute approximate surface area is 114 Å². The lowest BCUT2D eigenvalue weighted by Gasteiger charge is -2.03. The standard InChI is InChI=1S/C14H13N5O/c1-2-20-14-12(18-9-5-8-15-18)13-16-10-6-3-4-7-11(10)19(13)17-14/h3-9,17H,2H2,1H3. The maximum atomic E-state index is 5.68. The molecule has 20 heavy (non-hydrogen) atoms. The number of nitrogens with one attached hydrogen (secondary N) is 1. The monoisotopic (exact) mass is 267 g/mol. The van der Waals surface area contributed by atoms with Crippen molar-refractivity contribution in [3.8, 4) is 11.6 Å². The normalized spacial score (nSPS) is 11.4. The van der Waals surface area contributed by atoms with Crippen LogP contribution in [0, 0.1) is 0 Å². The van der Waals surface area contributed by atoms with Gasteiger partial charge < -0.3 is 4.74 Å². The molecule has 0 atom stereocenters. The van der Waals surface area contributed by atoms with Crippen LogP contribution in [0.2, 0.25) is 0 Å². The van der Waals surface area contributed by atoms with Crippen molar-refractivity contribution in [1.82, 2.24) is 24.4 Å². The Balaban J connectivity index is 2.09. The van der Waals surface area contributed by atoms with Crippen molar-refractivity contribution >= 4 is 16.7 Å². The molecule has 3 aromatic heterocycles. The molecule has 0 fully saturated rings. The molecule has 0 radical (unpaired) electrons. The quantitative estimate of drug-likeness (QED) is 0.620. The van der Waals surface area contributed by atoms with E-state index in [4.69, 9.17) is 4.74 Å². The van der Waals surface area contributed by atoms with Crippen LogP contribution >= 0.6 is 0 Å². The van der Waals surface area contributed by atoms with E-state index in [0.717, 1.165) is 22.4 Å². The third-order valence-electron chi connectivity index (χ3n) is 3.22. The third kappa shape index (κ3) is 1.45. The van der Waals surface area contributed by atoms with Crippen LogP contribution in [0.5, 0.6) is 5.88 Å². The number of hydrogen-bond acceptors (Lipinski definition) is 3. The van der Waals surface area contributed by atoms with Crippen molar-refractivity contribution in [2.45, 2.75) is 6.92 Å². The van der Waals surface area contributed by atoms with Gasteiger partial charge in [0.25, 0.3) is 0 Å². The Morgan fingerprint density at radius 1 is 1.25 bits per heavy atom. The van der Waals surface area contributed by atoms with Crippen LogP contribution in [-0.4, -0.2) is 31.0 Å². The van der Waals surface area contributed by atoms with Crippen LogP contribution in [0.1, 0.15) is 6.92 Å². The number of fused-ring (bicyclic) bond motifs is 3. The number of rotatable bonds is 3. The SMILES string of the molecule is CCOc1[nH]n2c(nc3ccccc32)c1-n1cccn1. The molecule has 1 aromatic carbocycles. The summed E-state index contributed by atoms with van der Waals surface area (Å²) in [6.45, 7) is 2.53. The largest absolute Gasteiger partial charge is 0.477 e. The number of H-pyrrole nitrogens is 1. The van der Waals surface area contributed by atoms with Crippen molar-refractivity contribution < 1.29 is 4.74 Å². The average molecular weight is 267 g/mol. The lowest BCUT2D eigenvalue weighted by Crippen LogP contribution is -1.99. The van der Waals surface area contributed by atoms with Crippen LogP contribution in [0.4, 0.5) is 0 Å². The summed E-state index contributed by atoms with van der Waals surface area (Å²) in [4.78, 5) is 4.66. The fourth-order valence-electron chi connectivity index (χ4n) is 2.41. The van der Waals surface area contributed by atoms with Gasteiger partial charge in [-0.3, -0.25) is 5.10 Å². The van der Waals surface area contributed by atoms with E-state index in [0.29, 0.717) is 12.5 Å². The fourth-order valence-corrected chi connectivity index (χ4v) is 2.41. The molecule has 3 heterocycles. The Morgan fingerprint density at radius 3 is 2.95 bits per heavy atom. The summed E-state index contributed by atoms with van der Waals surface area (Å²) in [6.07, 6.45) is 3.62. The molecule has 0 aliphatic carbocycles. The van der Waals surface area contributed by atoms with Gasteiger partial charge in [0.15, 0.2) is 11.3 Å². The maximum Gasteiger partial charge on any atom is 0.236 e. The molecule has 4 aromatic rings. The first-order valence-electron chi connectivity index (χ1n) is 6.50. The zero-order valence-electron chi connectivity index (χ0n) is 10.9. The Bertz CT molecular complexity index is 872. The zero-order valence-corrected chi connectivity index (χ0v) is 10.9. The molecule has 0 amide bonds. The van der Waals surface area contributed by atoms with Crippen molar-refractivity contribution in [2.24, 2.45) is 0 Å². The molecule has 0 bridgehead atoms. The minimum absolute atomic E-state index is 0.579. The molecular weight excluding hydrogens is 254 g/mol. The van der Waals surface area contributed by atoms with E-state index in [9.17, 15) is 0 Å². The summed E-state index contributed by atoms with van der Waals surface area (Å²) in [7, 11) is 0. The van der Waals surface area contributed by atoms with E-state index in [1.54, 1.807) is 10.9 Å². The van der Waals surface area contributed by atoms with E-state index in [-0.39, 0.29) is 0 Å². The predicted octanol–water partition coefficient (Wildman–Crippen LogP) is 2.40. The first kappa shape index (κ1) is 11.1. The van der Waals surface area contributed by atoms with Gasteiger partial charge in [0.05, 0.1) is 17.6 Å². The van der Waals surface area contributed by atoms with E-state index in [2.05, 4.69) is 15.2 Å². The molecule has 6 heteroatoms. The Kier molecular flexibility index (Phi) is 2.29. The maximum absolute atomic E-state index is 5.68. The molecule has 4 rings (SSSR count). The van der Waals surface area contributed by atoms with Crippen LogP contribution in [0.25, 0.3) is 22.4 Å². The van der Waals surface area contributed by atoms with Gasteiger partial charge in [-0.05, 0) is 25.1 Å². The number of benzene rings is 1. The number of para-hydroxylation sites is 2. The van der Waals surface area contributed by atoms with E-state index in [1.807, 2.05) is 48.0 Å². The van der Waals surface area contributed by atoms with E-state index < -0.39 is 0 Å². The van der Waals surface area contributed by atoms with Crippen LogP contribution in [0.3, 0.4) is 0 Å². The highest BCUT2D eigenvalue weighted by molar-refractivity contribution is 5.84. The Morgan fingerprint density at radius 2 is 2.15 bits per heavy atom. The van der Waals surface area contributed by atoms with Gasteiger partial charge in [0.2, 0.25) is 5.88 Å². The number of aromatic nitrogens is 5. The van der Waals surface area contributed by atoms with Gasteiger partial charge in [0, 0.05) is 12.4 Å². The predicted molar refractivity (Wildman–Crippen MR) is 75.3 cm³/mol. The van der Waals surface area contributed by atoms with Gasteiger partial charge >= 0.3 is 0 Å². The number of ether oxygens (including phenoxy) is 1. The molecule has 0 aliphatic heterocycles. The first-order valence-corrected chi connectivity index (χ1v) is 6.50. The first-order chi connectivity index (χ1) is 9.88. The van der Waals surface area contributed by atoms with Crippen molar-refractivity contribution in [3.05, 3.63) is 42.7 Å². The lowest BCUT2D eigenvalue weighted by atomic mass is 10.3. The van der Waals surface area contributed by atoms with E-state index in [1.165, 1.54) is 0 Å². The molecule has 0 aliphatic rings. The fraction of sp³-hybridized carbons (Fsp3) is 0.143. The van der Waals surface area contributed by atoms with Crippen LogP contribution in [0.15, 0.2) is 42.7 Å². The third-order valence-corrected chi connectivity index (χ3v) is 3.22. The van der Waals surface area contributed by atoms with Gasteiger partial charge in [-0.25, -0.2) is 14.2 Å². The van der Waals surface area contributed by atoms with Gasteiger partial charge in [-0.15, -0.1) is 0 Å². The van der Waals surface area contributed by atoms with Crippen molar-refractivity contribution in [3.63, 3.8) is 0 Å². The zero-order chi connectivity index (χ0) is 13.5. The number of aromatic amines is 1. The van der Waals surface area contributed by atoms with E-state index >= 15 is 0 Å². The molecule has 6 nitrogen and oxygen atoms in total. The van der Waals surface area contributed by atoms with Crippen molar-refractivity contribution in [2.75, 3.05) is 6.61 Å². The smallest absolute Gasteiger partial charge is 0.236 e. The highest BCUT2D eigenvalue weighted by Crippen LogP contribution is 2.29. The molecule has 0 unspecified atom stereocenters.